The molecule has 0 aliphatic rings. The van der Waals surface area contributed by atoms with Gasteiger partial charge >= 0.3 is 5.97 Å². The second kappa shape index (κ2) is 10.8. The first-order valence-electron chi connectivity index (χ1n) is 9.29. The van der Waals surface area contributed by atoms with Crippen molar-refractivity contribution < 1.29 is 19.1 Å². The highest BCUT2D eigenvalue weighted by molar-refractivity contribution is 7.99. The van der Waals surface area contributed by atoms with Crippen molar-refractivity contribution in [3.05, 3.63) is 65.4 Å². The van der Waals surface area contributed by atoms with Crippen LogP contribution in [0.1, 0.15) is 18.0 Å². The minimum Gasteiger partial charge on any atom is -0.497 e. The maximum atomic E-state index is 12.6. The van der Waals surface area contributed by atoms with E-state index in [1.807, 2.05) is 24.3 Å². The van der Waals surface area contributed by atoms with E-state index in [1.165, 1.54) is 18.9 Å². The number of hydrogen-bond acceptors (Lipinski definition) is 7. The van der Waals surface area contributed by atoms with Crippen molar-refractivity contribution >= 4 is 35.2 Å². The third-order valence-electron chi connectivity index (χ3n) is 4.41. The highest BCUT2D eigenvalue weighted by Crippen LogP contribution is 2.26. The van der Waals surface area contributed by atoms with Crippen molar-refractivity contribution in [1.82, 2.24) is 20.1 Å². The smallest absolute Gasteiger partial charge is 0.307 e. The first-order chi connectivity index (χ1) is 15.0. The van der Waals surface area contributed by atoms with Crippen LogP contribution in [0.5, 0.6) is 5.75 Å². The lowest BCUT2D eigenvalue weighted by Crippen LogP contribution is -2.32. The number of carbonyl (C=O) groups is 2. The molecule has 31 heavy (non-hydrogen) atoms. The molecule has 10 heteroatoms. The molecule has 1 amide bonds. The zero-order valence-electron chi connectivity index (χ0n) is 16.9. The van der Waals surface area contributed by atoms with Crippen LogP contribution in [0.2, 0.25) is 5.02 Å². The van der Waals surface area contributed by atoms with E-state index in [4.69, 9.17) is 21.1 Å². The summed E-state index contributed by atoms with van der Waals surface area (Å²) >= 11 is 7.49. The van der Waals surface area contributed by atoms with Crippen LogP contribution in [0.3, 0.4) is 0 Å². The molecule has 0 bridgehead atoms. The quantitative estimate of drug-likeness (QED) is 0.386. The van der Waals surface area contributed by atoms with Crippen molar-refractivity contribution in [2.75, 3.05) is 20.0 Å². The molecule has 1 heterocycles. The maximum Gasteiger partial charge on any atom is 0.307 e. The van der Waals surface area contributed by atoms with Crippen LogP contribution in [0.4, 0.5) is 0 Å². The number of amides is 1. The minimum absolute atomic E-state index is 0.0291. The second-order valence-electron chi connectivity index (χ2n) is 6.39. The van der Waals surface area contributed by atoms with Crippen molar-refractivity contribution in [1.29, 1.82) is 0 Å². The van der Waals surface area contributed by atoms with E-state index in [0.717, 1.165) is 11.4 Å². The molecule has 3 aromatic rings. The molecule has 1 aromatic heterocycles. The van der Waals surface area contributed by atoms with E-state index in [1.54, 1.807) is 42.3 Å². The van der Waals surface area contributed by atoms with Crippen molar-refractivity contribution in [2.24, 2.45) is 0 Å². The number of methoxy groups -OCH3 is 2. The summed E-state index contributed by atoms with van der Waals surface area (Å²) < 4.78 is 11.7. The van der Waals surface area contributed by atoms with Crippen LogP contribution >= 0.6 is 23.4 Å². The third-order valence-corrected chi connectivity index (χ3v) is 5.70. The van der Waals surface area contributed by atoms with E-state index in [0.29, 0.717) is 15.7 Å². The predicted molar refractivity (Wildman–Crippen MR) is 118 cm³/mol. The van der Waals surface area contributed by atoms with Gasteiger partial charge in [0.2, 0.25) is 5.91 Å². The van der Waals surface area contributed by atoms with Gasteiger partial charge in [-0.25, -0.2) is 0 Å². The molecular formula is C21H21ClN4O4S. The van der Waals surface area contributed by atoms with Crippen LogP contribution in [0, 0.1) is 0 Å². The molecular weight excluding hydrogens is 440 g/mol. The molecule has 0 fully saturated rings. The normalized spacial score (nSPS) is 11.6. The first-order valence-corrected chi connectivity index (χ1v) is 10.7. The highest BCUT2D eigenvalue weighted by Gasteiger charge is 2.21. The lowest BCUT2D eigenvalue weighted by molar-refractivity contribution is -0.141. The summed E-state index contributed by atoms with van der Waals surface area (Å²) in [5, 5.41) is 11.9. The summed E-state index contributed by atoms with van der Waals surface area (Å²) in [6.07, 6.45) is 1.55. The number of rotatable bonds is 9. The Morgan fingerprint density at radius 2 is 1.90 bits per heavy atom. The van der Waals surface area contributed by atoms with Gasteiger partial charge in [-0.05, 0) is 35.9 Å². The molecule has 0 radical (unpaired) electrons. The van der Waals surface area contributed by atoms with E-state index in [2.05, 4.69) is 15.5 Å². The van der Waals surface area contributed by atoms with E-state index < -0.39 is 12.0 Å². The number of thioether (sulfide) groups is 1. The number of ether oxygens (including phenoxy) is 2. The van der Waals surface area contributed by atoms with Gasteiger partial charge in [-0.15, -0.1) is 10.2 Å². The molecule has 1 N–H and O–H groups in total. The Morgan fingerprint density at radius 1 is 1.16 bits per heavy atom. The van der Waals surface area contributed by atoms with E-state index in [-0.39, 0.29) is 18.1 Å². The zero-order chi connectivity index (χ0) is 22.2. The summed E-state index contributed by atoms with van der Waals surface area (Å²) in [6.45, 7) is 0. The Morgan fingerprint density at radius 3 is 2.58 bits per heavy atom. The summed E-state index contributed by atoms with van der Waals surface area (Å²) in [4.78, 5) is 24.5. The van der Waals surface area contributed by atoms with E-state index >= 15 is 0 Å². The number of halogens is 1. The Hall–Kier alpha value is -3.04. The summed E-state index contributed by atoms with van der Waals surface area (Å²) in [5.74, 6) is 0.0959. The summed E-state index contributed by atoms with van der Waals surface area (Å²) in [7, 11) is 2.90. The highest BCUT2D eigenvalue weighted by atomic mass is 35.5. The molecule has 1 atom stereocenters. The molecule has 0 saturated carbocycles. The van der Waals surface area contributed by atoms with Gasteiger partial charge in [0, 0.05) is 10.7 Å². The Kier molecular flexibility index (Phi) is 7.91. The average Bonchev–Trinajstić information content (AvgIpc) is 3.26. The molecule has 8 nitrogen and oxygen atoms in total. The Bertz CT molecular complexity index is 1040. The first kappa shape index (κ1) is 22.6. The number of carbonyl (C=O) groups excluding carboxylic acids is 2. The third kappa shape index (κ3) is 5.99. The number of benzene rings is 2. The number of hydrogen-bond donors (Lipinski definition) is 1. The molecule has 0 aliphatic heterocycles. The lowest BCUT2D eigenvalue weighted by atomic mass is 10.0. The van der Waals surface area contributed by atoms with Gasteiger partial charge in [0.25, 0.3) is 0 Å². The number of esters is 1. The molecule has 162 valence electrons. The molecule has 1 unspecified atom stereocenters. The summed E-state index contributed by atoms with van der Waals surface area (Å²) in [6, 6.07) is 13.9. The van der Waals surface area contributed by atoms with E-state index in [9.17, 15) is 9.59 Å². The molecule has 0 spiro atoms. The topological polar surface area (TPSA) is 95.3 Å². The Labute approximate surface area is 188 Å². The molecule has 3 rings (SSSR count). The standard InChI is InChI=1S/C21H21ClN4O4S/c1-29-15-9-7-14(8-10-15)26-13-23-25-21(26)31-12-19(27)24-18(11-20(28)30-2)16-5-3-4-6-17(16)22/h3-10,13,18H,11-12H2,1-2H3,(H,24,27). The van der Waals surface area contributed by atoms with Gasteiger partial charge in [-0.2, -0.15) is 0 Å². The number of aromatic nitrogens is 3. The van der Waals surface area contributed by atoms with Crippen LogP contribution in [0.25, 0.3) is 5.69 Å². The molecule has 0 saturated heterocycles. The van der Waals surface area contributed by atoms with Crippen LogP contribution < -0.4 is 10.1 Å². The van der Waals surface area contributed by atoms with Gasteiger partial charge in [-0.3, -0.25) is 14.2 Å². The van der Waals surface area contributed by atoms with Gasteiger partial charge in [0.05, 0.1) is 32.4 Å². The second-order valence-corrected chi connectivity index (χ2v) is 7.74. The summed E-state index contributed by atoms with van der Waals surface area (Å²) in [5.41, 5.74) is 1.49. The van der Waals surface area contributed by atoms with Gasteiger partial charge in [0.15, 0.2) is 5.16 Å². The SMILES string of the molecule is COC(=O)CC(NC(=O)CSc1nncn1-c1ccc(OC)cc1)c1ccccc1Cl. The maximum absolute atomic E-state index is 12.6. The lowest BCUT2D eigenvalue weighted by Gasteiger charge is -2.19. The van der Waals surface area contributed by atoms with Gasteiger partial charge < -0.3 is 14.8 Å². The van der Waals surface area contributed by atoms with Crippen molar-refractivity contribution in [3.8, 4) is 11.4 Å². The Balaban J connectivity index is 1.67. The number of nitrogens with zero attached hydrogens (tertiary/aromatic N) is 3. The average molecular weight is 461 g/mol. The minimum atomic E-state index is -0.603. The fourth-order valence-corrected chi connectivity index (χ4v) is 3.86. The van der Waals surface area contributed by atoms with Crippen LogP contribution in [0.15, 0.2) is 60.0 Å². The van der Waals surface area contributed by atoms with Crippen LogP contribution in [-0.2, 0) is 14.3 Å². The monoisotopic (exact) mass is 460 g/mol. The fraction of sp³-hybridized carbons (Fsp3) is 0.238. The fourth-order valence-electron chi connectivity index (χ4n) is 2.86. The predicted octanol–water partition coefficient (Wildman–Crippen LogP) is 3.44. The largest absolute Gasteiger partial charge is 0.497 e. The molecule has 2 aromatic carbocycles. The molecule has 0 aliphatic carbocycles. The number of nitrogens with one attached hydrogen (secondary N) is 1. The van der Waals surface area contributed by atoms with Crippen molar-refractivity contribution in [2.45, 2.75) is 17.6 Å². The van der Waals surface area contributed by atoms with Crippen molar-refractivity contribution in [3.63, 3.8) is 0 Å². The van der Waals surface area contributed by atoms with Gasteiger partial charge in [0.1, 0.15) is 12.1 Å². The van der Waals surface area contributed by atoms with Gasteiger partial charge in [-0.1, -0.05) is 41.6 Å². The zero-order valence-corrected chi connectivity index (χ0v) is 18.5. The van der Waals surface area contributed by atoms with Crippen LogP contribution in [-0.4, -0.2) is 46.6 Å².